The Hall–Kier alpha value is -1.16. The highest BCUT2D eigenvalue weighted by Crippen LogP contribution is 2.17. The van der Waals surface area contributed by atoms with E-state index in [4.69, 9.17) is 0 Å². The van der Waals surface area contributed by atoms with Gasteiger partial charge in [-0.05, 0) is 26.3 Å². The number of nitrogens with one attached hydrogen (secondary N) is 1. The highest BCUT2D eigenvalue weighted by Gasteiger charge is 2.16. The van der Waals surface area contributed by atoms with Crippen molar-refractivity contribution >= 4 is 5.82 Å². The van der Waals surface area contributed by atoms with E-state index in [1.807, 2.05) is 6.92 Å². The van der Waals surface area contributed by atoms with E-state index in [0.717, 1.165) is 30.4 Å². The van der Waals surface area contributed by atoms with E-state index in [0.29, 0.717) is 12.0 Å². The van der Waals surface area contributed by atoms with Gasteiger partial charge in [-0.25, -0.2) is 9.97 Å². The van der Waals surface area contributed by atoms with E-state index < -0.39 is 0 Å². The van der Waals surface area contributed by atoms with Crippen LogP contribution in [0, 0.1) is 6.92 Å². The Morgan fingerprint density at radius 2 is 2.16 bits per heavy atom. The van der Waals surface area contributed by atoms with Crippen molar-refractivity contribution in [2.75, 3.05) is 25.0 Å². The average molecular weight is 262 g/mol. The molecule has 2 rings (SSSR count). The SMILES string of the molecule is Cc1cc(N(C)CC2CCCCN2)nc(C(C)C)n1. The number of anilines is 1. The smallest absolute Gasteiger partial charge is 0.133 e. The maximum Gasteiger partial charge on any atom is 0.133 e. The van der Waals surface area contributed by atoms with Crippen LogP contribution in [0.1, 0.15) is 50.5 Å². The topological polar surface area (TPSA) is 41.0 Å². The van der Waals surface area contributed by atoms with Crippen molar-refractivity contribution in [3.8, 4) is 0 Å². The van der Waals surface area contributed by atoms with E-state index in [9.17, 15) is 0 Å². The van der Waals surface area contributed by atoms with E-state index >= 15 is 0 Å². The summed E-state index contributed by atoms with van der Waals surface area (Å²) in [7, 11) is 2.13. The van der Waals surface area contributed by atoms with Crippen LogP contribution >= 0.6 is 0 Å². The van der Waals surface area contributed by atoms with Gasteiger partial charge in [0.05, 0.1) is 0 Å². The van der Waals surface area contributed by atoms with Gasteiger partial charge in [0.25, 0.3) is 0 Å². The molecule has 0 amide bonds. The molecule has 1 unspecified atom stereocenters. The average Bonchev–Trinajstić information content (AvgIpc) is 2.39. The molecule has 1 atom stereocenters. The fourth-order valence-electron chi connectivity index (χ4n) is 2.53. The second kappa shape index (κ2) is 6.33. The van der Waals surface area contributed by atoms with Gasteiger partial charge in [0, 0.05) is 37.3 Å². The molecule has 0 saturated carbocycles. The van der Waals surface area contributed by atoms with Crippen LogP contribution in [-0.2, 0) is 0 Å². The van der Waals surface area contributed by atoms with Crippen molar-refractivity contribution in [3.05, 3.63) is 17.6 Å². The summed E-state index contributed by atoms with van der Waals surface area (Å²) in [4.78, 5) is 11.4. The Morgan fingerprint density at radius 3 is 2.79 bits per heavy atom. The van der Waals surface area contributed by atoms with Crippen molar-refractivity contribution in [2.45, 2.75) is 52.0 Å². The number of nitrogens with zero attached hydrogens (tertiary/aromatic N) is 3. The van der Waals surface area contributed by atoms with E-state index in [-0.39, 0.29) is 0 Å². The molecule has 2 heterocycles. The van der Waals surface area contributed by atoms with Gasteiger partial charge in [-0.15, -0.1) is 0 Å². The van der Waals surface area contributed by atoms with E-state index in [2.05, 4.69) is 47.1 Å². The molecule has 1 aliphatic rings. The normalized spacial score (nSPS) is 19.7. The monoisotopic (exact) mass is 262 g/mol. The lowest BCUT2D eigenvalue weighted by Crippen LogP contribution is -2.42. The quantitative estimate of drug-likeness (QED) is 0.905. The number of rotatable bonds is 4. The number of aromatic nitrogens is 2. The minimum Gasteiger partial charge on any atom is -0.358 e. The molecule has 1 aromatic rings. The summed E-state index contributed by atoms with van der Waals surface area (Å²) < 4.78 is 0. The molecule has 4 nitrogen and oxygen atoms in total. The lowest BCUT2D eigenvalue weighted by molar-refractivity contribution is 0.402. The molecule has 106 valence electrons. The van der Waals surface area contributed by atoms with E-state index in [1.54, 1.807) is 0 Å². The van der Waals surface area contributed by atoms with Gasteiger partial charge in [0.15, 0.2) is 0 Å². The van der Waals surface area contributed by atoms with Crippen molar-refractivity contribution in [1.29, 1.82) is 0 Å². The van der Waals surface area contributed by atoms with Crippen molar-refractivity contribution in [3.63, 3.8) is 0 Å². The Labute approximate surface area is 116 Å². The summed E-state index contributed by atoms with van der Waals surface area (Å²) in [5, 5.41) is 3.59. The van der Waals surface area contributed by atoms with Gasteiger partial charge in [-0.3, -0.25) is 0 Å². The fourth-order valence-corrected chi connectivity index (χ4v) is 2.53. The Morgan fingerprint density at radius 1 is 1.37 bits per heavy atom. The molecule has 0 aliphatic carbocycles. The first-order valence-electron chi connectivity index (χ1n) is 7.36. The number of piperidine rings is 1. The Balaban J connectivity index is 2.07. The largest absolute Gasteiger partial charge is 0.358 e. The molecule has 0 bridgehead atoms. The highest BCUT2D eigenvalue weighted by atomic mass is 15.2. The molecule has 1 fully saturated rings. The summed E-state index contributed by atoms with van der Waals surface area (Å²) in [6, 6.07) is 2.67. The van der Waals surface area contributed by atoms with Crippen LogP contribution in [0.15, 0.2) is 6.07 Å². The van der Waals surface area contributed by atoms with Crippen LogP contribution in [0.25, 0.3) is 0 Å². The zero-order chi connectivity index (χ0) is 13.8. The zero-order valence-corrected chi connectivity index (χ0v) is 12.6. The van der Waals surface area contributed by atoms with Gasteiger partial charge < -0.3 is 10.2 Å². The summed E-state index contributed by atoms with van der Waals surface area (Å²) >= 11 is 0. The van der Waals surface area contributed by atoms with Crippen molar-refractivity contribution in [2.24, 2.45) is 0 Å². The van der Waals surface area contributed by atoms with Gasteiger partial charge in [-0.2, -0.15) is 0 Å². The summed E-state index contributed by atoms with van der Waals surface area (Å²) in [6.07, 6.45) is 3.92. The minimum atomic E-state index is 0.375. The van der Waals surface area contributed by atoms with E-state index in [1.165, 1.54) is 19.3 Å². The summed E-state index contributed by atoms with van der Waals surface area (Å²) in [6.45, 7) is 8.50. The molecule has 0 aromatic carbocycles. The van der Waals surface area contributed by atoms with Gasteiger partial charge in [0.2, 0.25) is 0 Å². The summed E-state index contributed by atoms with van der Waals surface area (Å²) in [5.41, 5.74) is 1.05. The molecule has 19 heavy (non-hydrogen) atoms. The number of hydrogen-bond donors (Lipinski definition) is 1. The van der Waals surface area contributed by atoms with Crippen molar-refractivity contribution in [1.82, 2.24) is 15.3 Å². The van der Waals surface area contributed by atoms with Gasteiger partial charge >= 0.3 is 0 Å². The first-order valence-corrected chi connectivity index (χ1v) is 7.36. The number of hydrogen-bond acceptors (Lipinski definition) is 4. The minimum absolute atomic E-state index is 0.375. The van der Waals surface area contributed by atoms with Crippen LogP contribution in [0.5, 0.6) is 0 Å². The third kappa shape index (κ3) is 3.90. The molecule has 0 radical (unpaired) electrons. The van der Waals surface area contributed by atoms with Gasteiger partial charge in [-0.1, -0.05) is 20.3 Å². The first kappa shape index (κ1) is 14.3. The molecule has 1 aliphatic heterocycles. The number of likely N-dealkylation sites (N-methyl/N-ethyl adjacent to an activating group) is 1. The summed E-state index contributed by atoms with van der Waals surface area (Å²) in [5.74, 6) is 2.36. The second-order valence-corrected chi connectivity index (χ2v) is 5.91. The van der Waals surface area contributed by atoms with Crippen LogP contribution < -0.4 is 10.2 Å². The molecule has 1 aromatic heterocycles. The predicted octanol–water partition coefficient (Wildman–Crippen LogP) is 2.49. The molecular formula is C15H26N4. The maximum absolute atomic E-state index is 4.69. The second-order valence-electron chi connectivity index (χ2n) is 5.91. The Bertz CT molecular complexity index is 411. The fraction of sp³-hybridized carbons (Fsp3) is 0.733. The molecule has 4 heteroatoms. The van der Waals surface area contributed by atoms with Crippen LogP contribution in [-0.4, -0.2) is 36.1 Å². The standard InChI is InChI=1S/C15H26N4/c1-11(2)15-17-12(3)9-14(18-15)19(4)10-13-7-5-6-8-16-13/h9,11,13,16H,5-8,10H2,1-4H3. The molecule has 0 spiro atoms. The molecule has 1 saturated heterocycles. The molecule has 1 N–H and O–H groups in total. The van der Waals surface area contributed by atoms with Crippen LogP contribution in [0.4, 0.5) is 5.82 Å². The first-order chi connectivity index (χ1) is 9.06. The van der Waals surface area contributed by atoms with Crippen molar-refractivity contribution < 1.29 is 0 Å². The van der Waals surface area contributed by atoms with Crippen LogP contribution in [0.3, 0.4) is 0 Å². The lowest BCUT2D eigenvalue weighted by atomic mass is 10.0. The molecular weight excluding hydrogens is 236 g/mol. The lowest BCUT2D eigenvalue weighted by Gasteiger charge is -2.29. The number of aryl methyl sites for hydroxylation is 1. The highest BCUT2D eigenvalue weighted by molar-refractivity contribution is 5.39. The zero-order valence-electron chi connectivity index (χ0n) is 12.6. The predicted molar refractivity (Wildman–Crippen MR) is 79.8 cm³/mol. The third-order valence-corrected chi connectivity index (χ3v) is 3.67. The maximum atomic E-state index is 4.69. The third-order valence-electron chi connectivity index (χ3n) is 3.67. The Kier molecular flexibility index (Phi) is 4.75. The van der Waals surface area contributed by atoms with Gasteiger partial charge in [0.1, 0.15) is 11.6 Å². The van der Waals surface area contributed by atoms with Crippen LogP contribution in [0.2, 0.25) is 0 Å².